The number of rotatable bonds is 0. The maximum atomic E-state index is 12.8. The van der Waals surface area contributed by atoms with Gasteiger partial charge in [-0.3, -0.25) is 4.98 Å². The molecule has 8 rings (SSSR count). The molecule has 0 N–H and O–H groups in total. The van der Waals surface area contributed by atoms with E-state index in [4.69, 9.17) is 16.9 Å². The third-order valence-corrected chi connectivity index (χ3v) is 13.1. The van der Waals surface area contributed by atoms with Crippen molar-refractivity contribution in [2.24, 2.45) is 0 Å². The van der Waals surface area contributed by atoms with Crippen LogP contribution in [-0.4, -0.2) is 54.8 Å². The molecule has 0 saturated carbocycles. The van der Waals surface area contributed by atoms with Crippen LogP contribution in [0.2, 0.25) is 5.02 Å². The Morgan fingerprint density at radius 3 is 0.811 bits per heavy atom. The number of aryl methyl sites for hydroxylation is 5. The summed E-state index contributed by atoms with van der Waals surface area (Å²) in [6, 6.07) is 16.5. The molecule has 90 heavy (non-hydrogen) atoms. The Morgan fingerprint density at radius 2 is 0.611 bits per heavy atom. The Kier molecular flexibility index (Phi) is 31.7. The minimum atomic E-state index is -0.357. The molecule has 12 nitrogen and oxygen atoms in total. The van der Waals surface area contributed by atoms with Crippen molar-refractivity contribution < 1.29 is 4.39 Å². The first-order valence-corrected chi connectivity index (χ1v) is 31.6. The van der Waals surface area contributed by atoms with Crippen LogP contribution in [0.5, 0.6) is 0 Å². The molecule has 0 amide bonds. The van der Waals surface area contributed by atoms with Gasteiger partial charge in [0.05, 0.1) is 11.6 Å². The molecule has 6 aromatic heterocycles. The van der Waals surface area contributed by atoms with E-state index in [-0.39, 0.29) is 49.1 Å². The first-order chi connectivity index (χ1) is 40.9. The predicted molar refractivity (Wildman–Crippen MR) is 378 cm³/mol. The molecule has 15 heteroatoms. The van der Waals surface area contributed by atoms with Gasteiger partial charge in [0.15, 0.2) is 0 Å². The maximum Gasteiger partial charge on any atom is 0.133 e. The van der Waals surface area contributed by atoms with E-state index in [2.05, 4.69) is 234 Å². The van der Waals surface area contributed by atoms with Crippen LogP contribution in [0.15, 0.2) is 127 Å². The Bertz CT molecular complexity index is 2950. The normalized spacial score (nSPS) is 11.5. The molecule has 2 aromatic carbocycles. The van der Waals surface area contributed by atoms with Gasteiger partial charge in [0, 0.05) is 111 Å². The highest BCUT2D eigenvalue weighted by Crippen LogP contribution is 2.28. The van der Waals surface area contributed by atoms with Gasteiger partial charge >= 0.3 is 0 Å². The number of nitrogens with zero attached hydrogens (tertiary/aromatic N) is 12. The second kappa shape index (κ2) is 35.1. The third-order valence-electron chi connectivity index (χ3n) is 12.5. The van der Waals surface area contributed by atoms with Crippen molar-refractivity contribution in [1.82, 2.24) is 54.8 Å². The van der Waals surface area contributed by atoms with E-state index in [1.165, 1.54) is 23.3 Å². The summed E-state index contributed by atoms with van der Waals surface area (Å²) in [6.45, 7) is 60.7. The van der Waals surface area contributed by atoms with E-state index in [0.717, 1.165) is 72.0 Å². The van der Waals surface area contributed by atoms with Crippen molar-refractivity contribution in [3.05, 3.63) is 217 Å². The van der Waals surface area contributed by atoms with Gasteiger partial charge in [0.25, 0.3) is 0 Å². The molecule has 8 aromatic rings. The number of hydrogen-bond acceptors (Lipinski definition) is 12. The molecule has 6 heterocycles. The van der Waals surface area contributed by atoms with Gasteiger partial charge in [-0.05, 0) is 142 Å². The predicted octanol–water partition coefficient (Wildman–Crippen LogP) is 20.2. The molecule has 0 spiro atoms. The van der Waals surface area contributed by atoms with E-state index in [1.54, 1.807) is 12.3 Å². The van der Waals surface area contributed by atoms with Crippen LogP contribution < -0.4 is 0 Å². The lowest BCUT2D eigenvalue weighted by Crippen LogP contribution is -2.15. The van der Waals surface area contributed by atoms with Crippen molar-refractivity contribution in [3.63, 3.8) is 0 Å². The number of pyridine rings is 1. The van der Waals surface area contributed by atoms with E-state index in [0.29, 0.717) is 5.56 Å². The molecule has 0 saturated heterocycles. The molecule has 0 unspecified atom stereocenters. The quantitative estimate of drug-likeness (QED) is 0.141. The molecule has 0 radical (unpaired) electrons. The highest BCUT2D eigenvalue weighted by atomic mass is 79.9. The highest BCUT2D eigenvalue weighted by Gasteiger charge is 2.21. The number of halogens is 3. The molecule has 0 atom stereocenters. The van der Waals surface area contributed by atoms with Crippen molar-refractivity contribution in [2.45, 2.75) is 244 Å². The minimum absolute atomic E-state index is 0.0632. The summed E-state index contributed by atoms with van der Waals surface area (Å²) in [5.74, 6) is 4.17. The monoisotopic (exact) mass is 1310 g/mol. The maximum absolute atomic E-state index is 12.8. The van der Waals surface area contributed by atoms with Crippen molar-refractivity contribution in [2.75, 3.05) is 0 Å². The fourth-order valence-corrected chi connectivity index (χ4v) is 7.43. The molecule has 0 aliphatic heterocycles. The summed E-state index contributed by atoms with van der Waals surface area (Å²) in [5, 5.41) is 9.59. The van der Waals surface area contributed by atoms with Crippen LogP contribution in [0.3, 0.4) is 0 Å². The van der Waals surface area contributed by atoms with Crippen LogP contribution in [0.4, 0.5) is 4.39 Å². The summed E-state index contributed by atoms with van der Waals surface area (Å²) < 4.78 is 13.8. The van der Waals surface area contributed by atoms with Crippen LogP contribution in [0.25, 0.3) is 0 Å². The fraction of sp³-hybridized carbons (Fsp3) is 0.493. The highest BCUT2D eigenvalue weighted by molar-refractivity contribution is 9.10. The third kappa shape index (κ3) is 32.8. The van der Waals surface area contributed by atoms with Crippen LogP contribution in [0.1, 0.15) is 245 Å². The van der Waals surface area contributed by atoms with Gasteiger partial charge in [0.1, 0.15) is 34.9 Å². The fourth-order valence-electron chi connectivity index (χ4n) is 6.93. The molecule has 488 valence electrons. The molecule has 0 bridgehead atoms. The Morgan fingerprint density at radius 1 is 0.344 bits per heavy atom. The zero-order chi connectivity index (χ0) is 69.4. The van der Waals surface area contributed by atoms with Gasteiger partial charge < -0.3 is 0 Å². The first kappa shape index (κ1) is 81.2. The van der Waals surface area contributed by atoms with Crippen LogP contribution in [-0.2, 0) is 43.3 Å². The zero-order valence-corrected chi connectivity index (χ0v) is 62.4. The van der Waals surface area contributed by atoms with Crippen LogP contribution >= 0.6 is 27.5 Å². The smallest absolute Gasteiger partial charge is 0.133 e. The van der Waals surface area contributed by atoms with E-state index < -0.39 is 0 Å². The second-order valence-corrected chi connectivity index (χ2v) is 32.0. The Labute approximate surface area is 556 Å². The SMILES string of the molecule is CC(C)(C)c1ccc(Cl)cc1.CC(C)(C)c1ccc(F)cc1C#N.CC(C)(C)c1cncc(Br)c1.Cc1cnc(C(C)(C)C)nc1.Cc1cnc(C(C)(C)C)nc1.Cc1cnc(C(C)(C)C)nc1.Cc1cnc(C(C)(C)C)nc1.Cc1cnc(C(C)(C)C)nc1. The standard InChI is InChI=1S/C11H12FN.C10H13Cl.C9H12BrN.5C9H14N2/c1-11(2,3)10-5-4-9(12)6-8(10)7-13;1-10(2,3)8-4-6-9(11)7-5-8;1-9(2,3)7-4-8(10)6-11-5-7;5*1-7-5-10-8(11-6-7)9(2,3)4/h4-6H,1-3H3;4-7H,1-3H3;4-6H,1-3H3;5*5-6H,1-4H3. The van der Waals surface area contributed by atoms with Gasteiger partial charge in [-0.25, -0.2) is 54.2 Å². The Balaban J connectivity index is 0.000000515. The first-order valence-electron chi connectivity index (χ1n) is 30.5. The van der Waals surface area contributed by atoms with Gasteiger partial charge in [-0.1, -0.05) is 196 Å². The second-order valence-electron chi connectivity index (χ2n) is 30.6. The van der Waals surface area contributed by atoms with Crippen molar-refractivity contribution in [3.8, 4) is 6.07 Å². The zero-order valence-electron chi connectivity index (χ0n) is 60.0. The van der Waals surface area contributed by atoms with E-state index in [9.17, 15) is 4.39 Å². The van der Waals surface area contributed by atoms with Crippen molar-refractivity contribution in [1.29, 1.82) is 5.26 Å². The lowest BCUT2D eigenvalue weighted by atomic mass is 9.84. The van der Waals surface area contributed by atoms with Gasteiger partial charge in [-0.2, -0.15) is 5.26 Å². The average molecular weight is 1310 g/mol. The molecular weight excluding hydrogens is 1200 g/mol. The molecule has 0 fully saturated rings. The summed E-state index contributed by atoms with van der Waals surface area (Å²) in [7, 11) is 0. The number of benzene rings is 2. The van der Waals surface area contributed by atoms with Gasteiger partial charge in [-0.15, -0.1) is 0 Å². The minimum Gasteiger partial charge on any atom is -0.263 e. The largest absolute Gasteiger partial charge is 0.263 e. The summed E-state index contributed by atoms with van der Waals surface area (Å²) >= 11 is 9.15. The summed E-state index contributed by atoms with van der Waals surface area (Å²) in [5.41, 5.74) is 10.1. The lowest BCUT2D eigenvalue weighted by Gasteiger charge is -2.20. The molecule has 0 aliphatic carbocycles. The van der Waals surface area contributed by atoms with E-state index >= 15 is 0 Å². The number of nitriles is 1. The Hall–Kier alpha value is -6.82. The lowest BCUT2D eigenvalue weighted by molar-refractivity contribution is 0.544. The number of hydrogen-bond donors (Lipinski definition) is 0. The van der Waals surface area contributed by atoms with E-state index in [1.807, 2.05) is 142 Å². The van der Waals surface area contributed by atoms with Crippen LogP contribution in [0, 0.1) is 51.8 Å². The summed E-state index contributed by atoms with van der Waals surface area (Å²) in [4.78, 5) is 46.5. The topological polar surface area (TPSA) is 166 Å². The number of aromatic nitrogens is 11. The average Bonchev–Trinajstić information content (AvgIpc) is 1.19. The molecule has 0 aliphatic rings. The molecular formula is C75H107BrClFN12. The van der Waals surface area contributed by atoms with Crippen molar-refractivity contribution >= 4 is 27.5 Å². The van der Waals surface area contributed by atoms with Gasteiger partial charge in [0.2, 0.25) is 0 Å². The summed E-state index contributed by atoms with van der Waals surface area (Å²) in [6.07, 6.45) is 22.3.